The van der Waals surface area contributed by atoms with Gasteiger partial charge in [0.2, 0.25) is 11.8 Å². The number of hydrogen-bond acceptors (Lipinski definition) is 6. The fraction of sp³-hybridized carbons (Fsp3) is 0.304. The minimum absolute atomic E-state index is 0.0987. The third kappa shape index (κ3) is 4.06. The quantitative estimate of drug-likeness (QED) is 0.590. The lowest BCUT2D eigenvalue weighted by Gasteiger charge is -2.27. The molecule has 2 aromatic rings. The van der Waals surface area contributed by atoms with E-state index < -0.39 is 23.8 Å². The van der Waals surface area contributed by atoms with Crippen molar-refractivity contribution >= 4 is 29.3 Å². The molecular weight excluding hydrogens is 396 g/mol. The van der Waals surface area contributed by atoms with Crippen LogP contribution in [0.3, 0.4) is 0 Å². The van der Waals surface area contributed by atoms with E-state index in [4.69, 9.17) is 0 Å². The van der Waals surface area contributed by atoms with Crippen LogP contribution in [-0.2, 0) is 22.7 Å². The maximum Gasteiger partial charge on any atom is 0.262 e. The van der Waals surface area contributed by atoms with Gasteiger partial charge in [-0.15, -0.1) is 0 Å². The van der Waals surface area contributed by atoms with Crippen molar-refractivity contribution in [2.75, 3.05) is 11.9 Å². The molecule has 8 heteroatoms. The molecule has 1 atom stereocenters. The van der Waals surface area contributed by atoms with Gasteiger partial charge in [-0.1, -0.05) is 31.2 Å². The molecule has 2 aliphatic rings. The Morgan fingerprint density at radius 3 is 2.61 bits per heavy atom. The monoisotopic (exact) mass is 420 g/mol. The Morgan fingerprint density at radius 2 is 1.84 bits per heavy atom. The number of carbonyl (C=O) groups is 4. The van der Waals surface area contributed by atoms with E-state index in [0.717, 1.165) is 29.2 Å². The molecule has 3 N–H and O–H groups in total. The van der Waals surface area contributed by atoms with Gasteiger partial charge in [-0.2, -0.15) is 0 Å². The lowest BCUT2D eigenvalue weighted by molar-refractivity contribution is -0.136. The number of benzene rings is 2. The molecule has 1 fully saturated rings. The molecule has 0 bridgehead atoms. The first-order valence-corrected chi connectivity index (χ1v) is 10.4. The Hall–Kier alpha value is -3.52. The number of carbonyl (C=O) groups excluding carboxylic acids is 4. The lowest BCUT2D eigenvalue weighted by Crippen LogP contribution is -2.54. The summed E-state index contributed by atoms with van der Waals surface area (Å²) in [6.45, 7) is 4.05. The van der Waals surface area contributed by atoms with E-state index in [-0.39, 0.29) is 24.3 Å². The highest BCUT2D eigenvalue weighted by Crippen LogP contribution is 2.30. The van der Waals surface area contributed by atoms with Crippen LogP contribution in [0.4, 0.5) is 5.69 Å². The summed E-state index contributed by atoms with van der Waals surface area (Å²) < 4.78 is 0. The largest absolute Gasteiger partial charge is 0.381 e. The summed E-state index contributed by atoms with van der Waals surface area (Å²) in [6.07, 6.45) is 0.240. The summed E-state index contributed by atoms with van der Waals surface area (Å²) >= 11 is 0. The van der Waals surface area contributed by atoms with E-state index in [2.05, 4.69) is 22.9 Å². The van der Waals surface area contributed by atoms with E-state index >= 15 is 0 Å². The minimum Gasteiger partial charge on any atom is -0.381 e. The standard InChI is InChI=1S/C23H24N4O4/c1-2-24-12-14-5-3-7-16(11-14)25-13-15-6-4-8-17-20(15)23(31)27(22(17)30)18-9-10-19(28)26-21(18)29/h3-8,11,18,24-25H,2,9-10,12-13H2,1H3,(H,26,28,29). The van der Waals surface area contributed by atoms with Crippen LogP contribution in [0.1, 0.15) is 51.6 Å². The molecule has 2 heterocycles. The van der Waals surface area contributed by atoms with Gasteiger partial charge in [0.1, 0.15) is 6.04 Å². The smallest absolute Gasteiger partial charge is 0.262 e. The fourth-order valence-corrected chi connectivity index (χ4v) is 3.99. The minimum atomic E-state index is -0.964. The van der Waals surface area contributed by atoms with Gasteiger partial charge in [0.25, 0.3) is 11.8 Å². The Labute approximate surface area is 180 Å². The number of piperidine rings is 1. The molecule has 4 rings (SSSR count). The number of amides is 4. The topological polar surface area (TPSA) is 108 Å². The van der Waals surface area contributed by atoms with E-state index in [1.165, 1.54) is 0 Å². The number of nitrogens with one attached hydrogen (secondary N) is 3. The van der Waals surface area contributed by atoms with Crippen molar-refractivity contribution in [3.63, 3.8) is 0 Å². The molecule has 8 nitrogen and oxygen atoms in total. The first-order valence-electron chi connectivity index (χ1n) is 10.4. The first-order chi connectivity index (χ1) is 15.0. The van der Waals surface area contributed by atoms with Gasteiger partial charge in [-0.05, 0) is 42.3 Å². The van der Waals surface area contributed by atoms with Crippen molar-refractivity contribution < 1.29 is 19.2 Å². The fourth-order valence-electron chi connectivity index (χ4n) is 3.99. The average Bonchev–Trinajstić information content (AvgIpc) is 3.02. The highest BCUT2D eigenvalue weighted by molar-refractivity contribution is 6.24. The van der Waals surface area contributed by atoms with Crippen LogP contribution in [0.5, 0.6) is 0 Å². The Bertz CT molecular complexity index is 1070. The molecular formula is C23H24N4O4. The molecule has 0 saturated carbocycles. The number of hydrogen-bond donors (Lipinski definition) is 3. The lowest BCUT2D eigenvalue weighted by atomic mass is 10.0. The Balaban J connectivity index is 1.54. The maximum absolute atomic E-state index is 13.1. The van der Waals surface area contributed by atoms with Crippen molar-refractivity contribution in [3.05, 3.63) is 64.7 Å². The van der Waals surface area contributed by atoms with Crippen molar-refractivity contribution in [2.45, 2.75) is 38.9 Å². The highest BCUT2D eigenvalue weighted by Gasteiger charge is 2.45. The summed E-state index contributed by atoms with van der Waals surface area (Å²) in [5.41, 5.74) is 3.33. The van der Waals surface area contributed by atoms with E-state index in [1.807, 2.05) is 24.3 Å². The zero-order valence-electron chi connectivity index (χ0n) is 17.2. The van der Waals surface area contributed by atoms with Crippen LogP contribution >= 0.6 is 0 Å². The number of imide groups is 2. The van der Waals surface area contributed by atoms with Crippen LogP contribution < -0.4 is 16.0 Å². The number of anilines is 1. The third-order valence-electron chi connectivity index (χ3n) is 5.54. The predicted molar refractivity (Wildman–Crippen MR) is 114 cm³/mol. The summed E-state index contributed by atoms with van der Waals surface area (Å²) in [6, 6.07) is 12.1. The van der Waals surface area contributed by atoms with Gasteiger partial charge < -0.3 is 10.6 Å². The predicted octanol–water partition coefficient (Wildman–Crippen LogP) is 1.81. The second-order valence-corrected chi connectivity index (χ2v) is 7.62. The molecule has 4 amide bonds. The summed E-state index contributed by atoms with van der Waals surface area (Å²) in [4.78, 5) is 50.7. The van der Waals surface area contributed by atoms with Gasteiger partial charge in [0.05, 0.1) is 11.1 Å². The van der Waals surface area contributed by atoms with Gasteiger partial charge in [0.15, 0.2) is 0 Å². The second-order valence-electron chi connectivity index (χ2n) is 7.62. The third-order valence-corrected chi connectivity index (χ3v) is 5.54. The van der Waals surface area contributed by atoms with E-state index in [1.54, 1.807) is 18.2 Å². The second kappa shape index (κ2) is 8.69. The van der Waals surface area contributed by atoms with Crippen molar-refractivity contribution in [1.29, 1.82) is 0 Å². The molecule has 0 aromatic heterocycles. The molecule has 2 aromatic carbocycles. The molecule has 2 aliphatic heterocycles. The van der Waals surface area contributed by atoms with Crippen LogP contribution in [0.15, 0.2) is 42.5 Å². The van der Waals surface area contributed by atoms with Gasteiger partial charge in [-0.25, -0.2) is 0 Å². The Morgan fingerprint density at radius 1 is 1.03 bits per heavy atom. The maximum atomic E-state index is 13.1. The summed E-state index contributed by atoms with van der Waals surface area (Å²) in [5.74, 6) is -1.99. The van der Waals surface area contributed by atoms with Crippen molar-refractivity contribution in [2.24, 2.45) is 0 Å². The van der Waals surface area contributed by atoms with Gasteiger partial charge >= 0.3 is 0 Å². The van der Waals surface area contributed by atoms with Gasteiger partial charge in [-0.3, -0.25) is 29.4 Å². The summed E-state index contributed by atoms with van der Waals surface area (Å²) in [5, 5.41) is 8.82. The summed E-state index contributed by atoms with van der Waals surface area (Å²) in [7, 11) is 0. The molecule has 1 saturated heterocycles. The zero-order valence-corrected chi connectivity index (χ0v) is 17.2. The molecule has 0 aliphatic carbocycles. The average molecular weight is 420 g/mol. The number of nitrogens with zero attached hydrogens (tertiary/aromatic N) is 1. The van der Waals surface area contributed by atoms with E-state index in [9.17, 15) is 19.2 Å². The molecule has 0 spiro atoms. The first kappa shape index (κ1) is 20.7. The van der Waals surface area contributed by atoms with Crippen LogP contribution in [0.25, 0.3) is 0 Å². The molecule has 31 heavy (non-hydrogen) atoms. The normalized spacial score (nSPS) is 18.2. The SMILES string of the molecule is CCNCc1cccc(NCc2cccc3c2C(=O)N(C2CCC(=O)NC2=O)C3=O)c1. The zero-order chi connectivity index (χ0) is 22.0. The van der Waals surface area contributed by atoms with Crippen LogP contribution in [0.2, 0.25) is 0 Å². The van der Waals surface area contributed by atoms with Crippen molar-refractivity contribution in [3.8, 4) is 0 Å². The molecule has 1 unspecified atom stereocenters. The van der Waals surface area contributed by atoms with Gasteiger partial charge in [0, 0.05) is 25.2 Å². The van der Waals surface area contributed by atoms with E-state index in [0.29, 0.717) is 17.7 Å². The molecule has 160 valence electrons. The van der Waals surface area contributed by atoms with Crippen molar-refractivity contribution in [1.82, 2.24) is 15.5 Å². The molecule has 0 radical (unpaired) electrons. The highest BCUT2D eigenvalue weighted by atomic mass is 16.2. The van der Waals surface area contributed by atoms with Crippen LogP contribution in [0, 0.1) is 0 Å². The number of fused-ring (bicyclic) bond motifs is 1. The van der Waals surface area contributed by atoms with Crippen LogP contribution in [-0.4, -0.2) is 41.1 Å². The number of rotatable bonds is 7. The Kier molecular flexibility index (Phi) is 5.81.